The van der Waals surface area contributed by atoms with E-state index >= 15 is 0 Å². The molecule has 3 rings (SSSR count). The van der Waals surface area contributed by atoms with E-state index < -0.39 is 28.8 Å². The Kier molecular flexibility index (Phi) is 6.22. The topological polar surface area (TPSA) is 90.0 Å². The molecule has 0 radical (unpaired) electrons. The molecule has 0 aromatic heterocycles. The van der Waals surface area contributed by atoms with Crippen molar-refractivity contribution in [3.63, 3.8) is 0 Å². The van der Waals surface area contributed by atoms with Gasteiger partial charge in [-0.15, -0.1) is 0 Å². The molecular formula is C18H19F2N3O4S. The molecule has 1 saturated heterocycles. The first-order chi connectivity index (χ1) is 13.3. The summed E-state index contributed by atoms with van der Waals surface area (Å²) in [4.78, 5) is 15.8. The fourth-order valence-corrected chi connectivity index (χ4v) is 3.44. The van der Waals surface area contributed by atoms with Crippen LogP contribution in [-0.2, 0) is 10.9 Å². The average Bonchev–Trinajstić information content (AvgIpc) is 2.66. The van der Waals surface area contributed by atoms with Crippen LogP contribution in [0.4, 0.5) is 14.5 Å². The summed E-state index contributed by atoms with van der Waals surface area (Å²) >= 11 is 0. The van der Waals surface area contributed by atoms with Crippen LogP contribution in [0.5, 0.6) is 0 Å². The summed E-state index contributed by atoms with van der Waals surface area (Å²) in [5, 5.41) is 10.4. The third kappa shape index (κ3) is 4.83. The van der Waals surface area contributed by atoms with Crippen molar-refractivity contribution in [1.29, 1.82) is 0 Å². The highest BCUT2D eigenvalue weighted by molar-refractivity contribution is 7.73. The lowest BCUT2D eigenvalue weighted by molar-refractivity contribution is -0.0243. The third-order valence-corrected chi connectivity index (χ3v) is 4.92. The molecule has 1 aliphatic rings. The van der Waals surface area contributed by atoms with Crippen molar-refractivity contribution >= 4 is 22.5 Å². The van der Waals surface area contributed by atoms with Crippen molar-refractivity contribution in [2.75, 3.05) is 30.9 Å². The monoisotopic (exact) mass is 411 g/mol. The van der Waals surface area contributed by atoms with Crippen LogP contribution in [0.25, 0.3) is 0 Å². The van der Waals surface area contributed by atoms with Gasteiger partial charge in [0.15, 0.2) is 0 Å². The average molecular weight is 411 g/mol. The van der Waals surface area contributed by atoms with E-state index in [1.807, 2.05) is 0 Å². The van der Waals surface area contributed by atoms with Crippen LogP contribution in [-0.4, -0.2) is 55.4 Å². The number of hydrogen-bond acceptors (Lipinski definition) is 5. The molecule has 7 nitrogen and oxygen atoms in total. The fourth-order valence-electron chi connectivity index (χ4n) is 3.08. The number of nitrogens with one attached hydrogen (secondary N) is 1. The van der Waals surface area contributed by atoms with Crippen LogP contribution in [0.1, 0.15) is 22.1 Å². The van der Waals surface area contributed by atoms with Crippen LogP contribution in [0.3, 0.4) is 0 Å². The summed E-state index contributed by atoms with van der Waals surface area (Å²) in [6.45, 7) is 1.34. The Bertz CT molecular complexity index is 901. The zero-order valence-electron chi connectivity index (χ0n) is 14.7. The molecule has 1 unspecified atom stereocenters. The van der Waals surface area contributed by atoms with Gasteiger partial charge in [0.1, 0.15) is 17.9 Å². The van der Waals surface area contributed by atoms with Crippen LogP contribution >= 0.6 is 0 Å². The van der Waals surface area contributed by atoms with Gasteiger partial charge in [-0.2, -0.15) is 0 Å². The number of halogens is 2. The number of thiol groups is 1. The van der Waals surface area contributed by atoms with Gasteiger partial charge in [-0.25, -0.2) is 17.2 Å². The van der Waals surface area contributed by atoms with E-state index in [9.17, 15) is 27.1 Å². The minimum atomic E-state index is -2.77. The Hall–Kier alpha value is -2.56. The summed E-state index contributed by atoms with van der Waals surface area (Å²) in [7, 11) is -2.77. The van der Waals surface area contributed by atoms with E-state index in [2.05, 4.69) is 4.72 Å². The molecule has 0 saturated carbocycles. The summed E-state index contributed by atoms with van der Waals surface area (Å²) in [5.41, 5.74) is 0.896. The lowest BCUT2D eigenvalue weighted by Crippen LogP contribution is -2.49. The third-order valence-electron chi connectivity index (χ3n) is 4.48. The van der Waals surface area contributed by atoms with Gasteiger partial charge in [-0.05, 0) is 36.4 Å². The molecule has 1 fully saturated rings. The molecule has 2 aromatic carbocycles. The molecule has 1 atom stereocenters. The van der Waals surface area contributed by atoms with Gasteiger partial charge in [0, 0.05) is 49.1 Å². The highest BCUT2D eigenvalue weighted by Gasteiger charge is 2.27. The number of anilines is 1. The smallest absolute Gasteiger partial charge is 0.253 e. The summed E-state index contributed by atoms with van der Waals surface area (Å²) < 4.78 is 50.2. The van der Waals surface area contributed by atoms with Crippen molar-refractivity contribution in [3.05, 3.63) is 65.2 Å². The van der Waals surface area contributed by atoms with E-state index in [0.29, 0.717) is 37.4 Å². The second-order valence-electron chi connectivity index (χ2n) is 6.35. The number of carbonyl (C=O) groups excluding carboxylic acids is 1. The lowest BCUT2D eigenvalue weighted by atomic mass is 10.1. The summed E-state index contributed by atoms with van der Waals surface area (Å²) in [5.74, 6) is -1.74. The van der Waals surface area contributed by atoms with Crippen LogP contribution in [0.15, 0.2) is 42.5 Å². The molecular weight excluding hydrogens is 392 g/mol. The van der Waals surface area contributed by atoms with E-state index in [1.54, 1.807) is 9.80 Å². The van der Waals surface area contributed by atoms with Gasteiger partial charge in [0.25, 0.3) is 5.91 Å². The Morgan fingerprint density at radius 1 is 1.00 bits per heavy atom. The van der Waals surface area contributed by atoms with Gasteiger partial charge in [0.05, 0.1) is 0 Å². The zero-order valence-corrected chi connectivity index (χ0v) is 15.6. The standard InChI is InChI=1S/C18H19F2N3O4S/c19-14-9-13(10-15(20)11-14)18(25)23-7-5-22(6-8-23)17(24)12-1-3-16(4-2-12)21-28(26)27/h1-4,9-11,18,25,28H,5-8H2,(H,21,26,27). The summed E-state index contributed by atoms with van der Waals surface area (Å²) in [6.07, 6.45) is -1.16. The first kappa shape index (κ1) is 20.2. The molecule has 1 heterocycles. The van der Waals surface area contributed by atoms with Crippen molar-refractivity contribution in [3.8, 4) is 0 Å². The minimum absolute atomic E-state index is 0.122. The van der Waals surface area contributed by atoms with Gasteiger partial charge in [-0.3, -0.25) is 14.4 Å². The molecule has 2 aromatic rings. The van der Waals surface area contributed by atoms with Gasteiger partial charge < -0.3 is 10.0 Å². The van der Waals surface area contributed by atoms with Crippen LogP contribution in [0, 0.1) is 11.6 Å². The Morgan fingerprint density at radius 2 is 1.57 bits per heavy atom. The molecule has 0 aliphatic carbocycles. The Morgan fingerprint density at radius 3 is 2.11 bits per heavy atom. The fraction of sp³-hybridized carbons (Fsp3) is 0.278. The number of benzene rings is 2. The lowest BCUT2D eigenvalue weighted by Gasteiger charge is -2.37. The number of aliphatic hydroxyl groups excluding tert-OH is 1. The van der Waals surface area contributed by atoms with Crippen LogP contribution < -0.4 is 4.72 Å². The number of aliphatic hydroxyl groups is 1. The molecule has 1 amide bonds. The number of carbonyl (C=O) groups is 1. The van der Waals surface area contributed by atoms with Crippen LogP contribution in [0.2, 0.25) is 0 Å². The van der Waals surface area contributed by atoms with Gasteiger partial charge >= 0.3 is 0 Å². The first-order valence-corrected chi connectivity index (χ1v) is 9.70. The minimum Gasteiger partial charge on any atom is -0.374 e. The maximum atomic E-state index is 13.3. The van der Waals surface area contributed by atoms with Crippen molar-refractivity contribution in [2.45, 2.75) is 6.23 Å². The summed E-state index contributed by atoms with van der Waals surface area (Å²) in [6, 6.07) is 8.95. The number of amides is 1. The SMILES string of the molecule is O=C(c1ccc(N[SH](=O)=O)cc1)N1CCN(C(O)c2cc(F)cc(F)c2)CC1. The highest BCUT2D eigenvalue weighted by Crippen LogP contribution is 2.22. The Balaban J connectivity index is 1.60. The molecule has 1 aliphatic heterocycles. The van der Waals surface area contributed by atoms with Crippen molar-refractivity contribution in [2.24, 2.45) is 0 Å². The predicted octanol–water partition coefficient (Wildman–Crippen LogP) is 1.35. The zero-order chi connectivity index (χ0) is 20.3. The highest BCUT2D eigenvalue weighted by atomic mass is 32.2. The quantitative estimate of drug-likeness (QED) is 0.647. The molecule has 2 N–H and O–H groups in total. The maximum Gasteiger partial charge on any atom is 0.253 e. The van der Waals surface area contributed by atoms with Crippen molar-refractivity contribution in [1.82, 2.24) is 9.80 Å². The van der Waals surface area contributed by atoms with E-state index in [0.717, 1.165) is 18.2 Å². The number of piperazine rings is 1. The van der Waals surface area contributed by atoms with Gasteiger partial charge in [0.2, 0.25) is 10.9 Å². The largest absolute Gasteiger partial charge is 0.374 e. The molecule has 150 valence electrons. The van der Waals surface area contributed by atoms with E-state index in [-0.39, 0.29) is 11.5 Å². The Labute approximate surface area is 162 Å². The number of rotatable bonds is 5. The predicted molar refractivity (Wildman–Crippen MR) is 99.2 cm³/mol. The van der Waals surface area contributed by atoms with Gasteiger partial charge in [-0.1, -0.05) is 0 Å². The molecule has 28 heavy (non-hydrogen) atoms. The molecule has 0 spiro atoms. The second-order valence-corrected chi connectivity index (χ2v) is 7.09. The molecule has 10 heteroatoms. The normalized spacial score (nSPS) is 16.2. The second kappa shape index (κ2) is 8.63. The number of nitrogens with zero attached hydrogens (tertiary/aromatic N) is 2. The first-order valence-electron chi connectivity index (χ1n) is 8.52. The number of hydrogen-bond donors (Lipinski definition) is 3. The van der Waals surface area contributed by atoms with E-state index in [1.165, 1.54) is 24.3 Å². The molecule has 0 bridgehead atoms. The van der Waals surface area contributed by atoms with E-state index in [4.69, 9.17) is 0 Å². The van der Waals surface area contributed by atoms with Crippen molar-refractivity contribution < 1.29 is 27.1 Å². The maximum absolute atomic E-state index is 13.3.